The second-order valence-electron chi connectivity index (χ2n) is 4.76. The van der Waals surface area contributed by atoms with Crippen molar-refractivity contribution in [2.45, 2.75) is 19.3 Å². The van der Waals surface area contributed by atoms with Crippen molar-refractivity contribution < 1.29 is 9.90 Å². The van der Waals surface area contributed by atoms with Crippen LogP contribution in [0.15, 0.2) is 35.1 Å². The fourth-order valence-corrected chi connectivity index (χ4v) is 2.55. The molecule has 0 saturated heterocycles. The Morgan fingerprint density at radius 3 is 2.63 bits per heavy atom. The third-order valence-corrected chi connectivity index (χ3v) is 3.55. The van der Waals surface area contributed by atoms with Gasteiger partial charge in [-0.2, -0.15) is 0 Å². The molecule has 0 fully saturated rings. The molecule has 19 heavy (non-hydrogen) atoms. The van der Waals surface area contributed by atoms with Gasteiger partial charge in [0.1, 0.15) is 5.56 Å². The van der Waals surface area contributed by atoms with Crippen LogP contribution in [-0.2, 0) is 12.8 Å². The molecule has 0 spiro atoms. The number of aryl methyl sites for hydroxylation is 2. The van der Waals surface area contributed by atoms with Gasteiger partial charge in [0.15, 0.2) is 0 Å². The van der Waals surface area contributed by atoms with E-state index in [0.29, 0.717) is 5.69 Å². The van der Waals surface area contributed by atoms with Gasteiger partial charge in [-0.3, -0.25) is 4.79 Å². The van der Waals surface area contributed by atoms with E-state index in [4.69, 9.17) is 5.11 Å². The van der Waals surface area contributed by atoms with E-state index in [-0.39, 0.29) is 5.56 Å². The lowest BCUT2D eigenvalue weighted by atomic mass is 10.0. The van der Waals surface area contributed by atoms with Crippen LogP contribution >= 0.6 is 0 Å². The number of hydrogen-bond donors (Lipinski definition) is 2. The SMILES string of the molecule is O=C(O)c1ccc(-c2ccc3c(c2)CCC3)[nH]c1=O. The normalized spacial score (nSPS) is 13.3. The molecule has 0 aliphatic heterocycles. The quantitative estimate of drug-likeness (QED) is 0.864. The predicted octanol–water partition coefficient (Wildman–Crippen LogP) is 2.23. The van der Waals surface area contributed by atoms with Crippen molar-refractivity contribution in [2.75, 3.05) is 0 Å². The lowest BCUT2D eigenvalue weighted by Gasteiger charge is -2.05. The van der Waals surface area contributed by atoms with E-state index in [1.807, 2.05) is 6.07 Å². The zero-order valence-corrected chi connectivity index (χ0v) is 10.3. The third-order valence-electron chi connectivity index (χ3n) is 3.55. The summed E-state index contributed by atoms with van der Waals surface area (Å²) in [5.74, 6) is -1.21. The molecular weight excluding hydrogens is 242 g/mol. The number of aromatic nitrogens is 1. The van der Waals surface area contributed by atoms with E-state index in [9.17, 15) is 9.59 Å². The summed E-state index contributed by atoms with van der Waals surface area (Å²) in [5.41, 5.74) is 3.48. The largest absolute Gasteiger partial charge is 0.477 e. The maximum absolute atomic E-state index is 11.7. The molecule has 1 heterocycles. The Morgan fingerprint density at radius 1 is 1.11 bits per heavy atom. The highest BCUT2D eigenvalue weighted by Gasteiger charge is 2.13. The number of hydrogen-bond acceptors (Lipinski definition) is 2. The predicted molar refractivity (Wildman–Crippen MR) is 71.5 cm³/mol. The molecule has 2 aromatic rings. The Balaban J connectivity index is 2.05. The fraction of sp³-hybridized carbons (Fsp3) is 0.200. The summed E-state index contributed by atoms with van der Waals surface area (Å²) in [6.07, 6.45) is 3.36. The molecule has 0 unspecified atom stereocenters. The lowest BCUT2D eigenvalue weighted by molar-refractivity contribution is 0.0695. The van der Waals surface area contributed by atoms with Crippen molar-refractivity contribution in [2.24, 2.45) is 0 Å². The van der Waals surface area contributed by atoms with Crippen LogP contribution in [-0.4, -0.2) is 16.1 Å². The maximum Gasteiger partial charge on any atom is 0.341 e. The first-order valence-corrected chi connectivity index (χ1v) is 6.24. The number of aromatic amines is 1. The average molecular weight is 255 g/mol. The molecule has 0 saturated carbocycles. The summed E-state index contributed by atoms with van der Waals surface area (Å²) >= 11 is 0. The number of pyridine rings is 1. The van der Waals surface area contributed by atoms with Gasteiger partial charge >= 0.3 is 5.97 Å². The molecule has 1 aliphatic rings. The van der Waals surface area contributed by atoms with Gasteiger partial charge in [-0.05, 0) is 54.2 Å². The molecule has 4 nitrogen and oxygen atoms in total. The van der Waals surface area contributed by atoms with Crippen LogP contribution < -0.4 is 5.56 Å². The van der Waals surface area contributed by atoms with E-state index >= 15 is 0 Å². The first-order chi connectivity index (χ1) is 9.15. The number of carboxylic acid groups (broad SMARTS) is 1. The van der Waals surface area contributed by atoms with Crippen molar-refractivity contribution >= 4 is 5.97 Å². The summed E-state index contributed by atoms with van der Waals surface area (Å²) in [5, 5.41) is 8.83. The second kappa shape index (κ2) is 4.39. The van der Waals surface area contributed by atoms with Crippen molar-refractivity contribution in [3.63, 3.8) is 0 Å². The van der Waals surface area contributed by atoms with Gasteiger partial charge in [0.2, 0.25) is 0 Å². The number of fused-ring (bicyclic) bond motifs is 1. The number of carbonyl (C=O) groups is 1. The Labute approximate surface area is 109 Å². The van der Waals surface area contributed by atoms with Gasteiger partial charge in [0.25, 0.3) is 5.56 Å². The molecule has 3 rings (SSSR count). The topological polar surface area (TPSA) is 70.2 Å². The van der Waals surface area contributed by atoms with Crippen LogP contribution in [0.25, 0.3) is 11.3 Å². The zero-order valence-electron chi connectivity index (χ0n) is 10.3. The van der Waals surface area contributed by atoms with Crippen LogP contribution in [0.5, 0.6) is 0 Å². The molecule has 0 atom stereocenters. The maximum atomic E-state index is 11.7. The van der Waals surface area contributed by atoms with Gasteiger partial charge in [0, 0.05) is 5.69 Å². The summed E-state index contributed by atoms with van der Waals surface area (Å²) < 4.78 is 0. The van der Waals surface area contributed by atoms with Crippen molar-refractivity contribution in [1.29, 1.82) is 0 Å². The molecular formula is C15H13NO3. The van der Waals surface area contributed by atoms with E-state index in [1.165, 1.54) is 23.6 Å². The van der Waals surface area contributed by atoms with Crippen LogP contribution in [0.4, 0.5) is 0 Å². The van der Waals surface area contributed by atoms with Crippen LogP contribution in [0.1, 0.15) is 27.9 Å². The van der Waals surface area contributed by atoms with E-state index in [1.54, 1.807) is 6.07 Å². The molecule has 96 valence electrons. The smallest absolute Gasteiger partial charge is 0.341 e. The summed E-state index contributed by atoms with van der Waals surface area (Å²) in [4.78, 5) is 25.1. The number of nitrogens with one attached hydrogen (secondary N) is 1. The van der Waals surface area contributed by atoms with E-state index < -0.39 is 11.5 Å². The summed E-state index contributed by atoms with van der Waals surface area (Å²) in [6, 6.07) is 9.12. The zero-order chi connectivity index (χ0) is 13.4. The monoisotopic (exact) mass is 255 g/mol. The van der Waals surface area contributed by atoms with E-state index in [0.717, 1.165) is 18.4 Å². The van der Waals surface area contributed by atoms with E-state index in [2.05, 4.69) is 17.1 Å². The minimum absolute atomic E-state index is 0.232. The molecule has 4 heteroatoms. The summed E-state index contributed by atoms with van der Waals surface area (Å²) in [6.45, 7) is 0. The Kier molecular flexibility index (Phi) is 2.71. The number of H-pyrrole nitrogens is 1. The summed E-state index contributed by atoms with van der Waals surface area (Å²) in [7, 11) is 0. The number of rotatable bonds is 2. The number of aromatic carboxylic acids is 1. The van der Waals surface area contributed by atoms with Crippen LogP contribution in [0.2, 0.25) is 0 Å². The number of benzene rings is 1. The van der Waals surface area contributed by atoms with Gasteiger partial charge < -0.3 is 10.1 Å². The first-order valence-electron chi connectivity index (χ1n) is 6.24. The molecule has 0 amide bonds. The molecule has 0 radical (unpaired) electrons. The fourth-order valence-electron chi connectivity index (χ4n) is 2.55. The van der Waals surface area contributed by atoms with Crippen molar-refractivity contribution in [3.05, 3.63) is 57.4 Å². The highest BCUT2D eigenvalue weighted by Crippen LogP contribution is 2.26. The highest BCUT2D eigenvalue weighted by molar-refractivity contribution is 5.87. The van der Waals surface area contributed by atoms with Crippen molar-refractivity contribution in [3.8, 4) is 11.3 Å². The Bertz CT molecular complexity index is 716. The molecule has 1 aromatic carbocycles. The van der Waals surface area contributed by atoms with Crippen molar-refractivity contribution in [1.82, 2.24) is 4.98 Å². The molecule has 2 N–H and O–H groups in total. The van der Waals surface area contributed by atoms with Crippen LogP contribution in [0, 0.1) is 0 Å². The third kappa shape index (κ3) is 2.05. The van der Waals surface area contributed by atoms with Gasteiger partial charge in [0.05, 0.1) is 0 Å². The number of carboxylic acids is 1. The van der Waals surface area contributed by atoms with Gasteiger partial charge in [-0.25, -0.2) is 4.79 Å². The first kappa shape index (κ1) is 11.7. The molecule has 1 aromatic heterocycles. The van der Waals surface area contributed by atoms with Crippen LogP contribution in [0.3, 0.4) is 0 Å². The Morgan fingerprint density at radius 2 is 1.89 bits per heavy atom. The lowest BCUT2D eigenvalue weighted by Crippen LogP contribution is -2.17. The van der Waals surface area contributed by atoms with Gasteiger partial charge in [-0.1, -0.05) is 12.1 Å². The standard InChI is InChI=1S/C15H13NO3/c17-14-12(15(18)19)6-7-13(16-14)11-5-4-9-2-1-3-10(9)8-11/h4-8H,1-3H2,(H,16,17)(H,18,19). The second-order valence-corrected chi connectivity index (χ2v) is 4.76. The van der Waals surface area contributed by atoms with Gasteiger partial charge in [-0.15, -0.1) is 0 Å². The average Bonchev–Trinajstić information content (AvgIpc) is 2.85. The Hall–Kier alpha value is -2.36. The minimum Gasteiger partial charge on any atom is -0.477 e. The minimum atomic E-state index is -1.21. The molecule has 0 bridgehead atoms. The molecule has 1 aliphatic carbocycles. The highest BCUT2D eigenvalue weighted by atomic mass is 16.4.